The Balaban J connectivity index is 1.89. The number of hydrogen-bond donors (Lipinski definition) is 1. The Hall–Kier alpha value is -1.98. The second-order valence-electron chi connectivity index (χ2n) is 4.58. The summed E-state index contributed by atoms with van der Waals surface area (Å²) < 4.78 is 13.6. The van der Waals surface area contributed by atoms with Crippen LogP contribution in [0.1, 0.15) is 15.9 Å². The fourth-order valence-corrected chi connectivity index (χ4v) is 4.38. The first-order valence-electron chi connectivity index (χ1n) is 6.32. The summed E-state index contributed by atoms with van der Waals surface area (Å²) in [5, 5.41) is 12.1. The lowest BCUT2D eigenvalue weighted by Crippen LogP contribution is -2.00. The van der Waals surface area contributed by atoms with E-state index < -0.39 is 16.8 Å². The molecule has 0 aliphatic carbocycles. The maximum absolute atomic E-state index is 12.5. The van der Waals surface area contributed by atoms with Crippen LogP contribution in [0.5, 0.6) is 0 Å². The highest BCUT2D eigenvalue weighted by molar-refractivity contribution is 7.84. The van der Waals surface area contributed by atoms with Gasteiger partial charge in [0.25, 0.3) is 0 Å². The molecule has 0 aliphatic heterocycles. The normalized spacial score (nSPS) is 12.4. The lowest BCUT2D eigenvalue weighted by atomic mass is 10.2. The van der Waals surface area contributed by atoms with Crippen molar-refractivity contribution in [3.8, 4) is 0 Å². The van der Waals surface area contributed by atoms with E-state index in [2.05, 4.69) is 0 Å². The Bertz CT molecular complexity index is 836. The van der Waals surface area contributed by atoms with Gasteiger partial charge in [-0.1, -0.05) is 24.3 Å². The quantitative estimate of drug-likeness (QED) is 0.794. The SMILES string of the molecule is O=C(O)c1cccc(S(=O)Cc2csc3ccccc23)c1. The van der Waals surface area contributed by atoms with Gasteiger partial charge in [0.05, 0.1) is 22.1 Å². The Kier molecular flexibility index (Phi) is 3.86. The maximum Gasteiger partial charge on any atom is 0.335 e. The van der Waals surface area contributed by atoms with Crippen molar-refractivity contribution in [1.82, 2.24) is 0 Å². The first kappa shape index (κ1) is 14.0. The van der Waals surface area contributed by atoms with E-state index in [1.54, 1.807) is 23.5 Å². The zero-order valence-corrected chi connectivity index (χ0v) is 12.6. The molecular formula is C16H12O3S2. The highest BCUT2D eigenvalue weighted by atomic mass is 32.2. The molecule has 0 spiro atoms. The van der Waals surface area contributed by atoms with Crippen molar-refractivity contribution in [3.05, 3.63) is 65.0 Å². The molecule has 0 saturated carbocycles. The summed E-state index contributed by atoms with van der Waals surface area (Å²) in [7, 11) is -1.25. The predicted octanol–water partition coefficient (Wildman–Crippen LogP) is 3.91. The first-order chi connectivity index (χ1) is 10.1. The van der Waals surface area contributed by atoms with Crippen LogP contribution in [-0.4, -0.2) is 15.3 Å². The fraction of sp³-hybridized carbons (Fsp3) is 0.0625. The van der Waals surface area contributed by atoms with E-state index in [1.807, 2.05) is 29.6 Å². The molecular weight excluding hydrogens is 304 g/mol. The Morgan fingerprint density at radius 1 is 1.14 bits per heavy atom. The molecule has 0 aliphatic rings. The molecule has 5 heteroatoms. The summed E-state index contributed by atoms with van der Waals surface area (Å²) in [6.45, 7) is 0. The van der Waals surface area contributed by atoms with Gasteiger partial charge in [-0.15, -0.1) is 11.3 Å². The van der Waals surface area contributed by atoms with Crippen molar-refractivity contribution < 1.29 is 14.1 Å². The number of carboxylic acids is 1. The topological polar surface area (TPSA) is 54.4 Å². The minimum Gasteiger partial charge on any atom is -0.478 e. The number of aromatic carboxylic acids is 1. The molecule has 3 rings (SSSR count). The molecule has 2 aromatic carbocycles. The number of rotatable bonds is 4. The van der Waals surface area contributed by atoms with Crippen molar-refractivity contribution in [3.63, 3.8) is 0 Å². The largest absolute Gasteiger partial charge is 0.478 e. The van der Waals surface area contributed by atoms with Crippen molar-refractivity contribution >= 4 is 38.2 Å². The third-order valence-corrected chi connectivity index (χ3v) is 5.56. The summed E-state index contributed by atoms with van der Waals surface area (Å²) in [5.41, 5.74) is 1.20. The highest BCUT2D eigenvalue weighted by Gasteiger charge is 2.11. The Morgan fingerprint density at radius 3 is 2.76 bits per heavy atom. The molecule has 1 unspecified atom stereocenters. The van der Waals surface area contributed by atoms with Crippen molar-refractivity contribution in [2.45, 2.75) is 10.6 Å². The molecule has 106 valence electrons. The summed E-state index contributed by atoms with van der Waals surface area (Å²) in [6.07, 6.45) is 0. The number of fused-ring (bicyclic) bond motifs is 1. The molecule has 1 aromatic heterocycles. The second kappa shape index (κ2) is 5.79. The van der Waals surface area contributed by atoms with Gasteiger partial charge in [0, 0.05) is 9.60 Å². The molecule has 3 aromatic rings. The molecule has 1 N–H and O–H groups in total. The van der Waals surface area contributed by atoms with Gasteiger partial charge in [-0.25, -0.2) is 4.79 Å². The van der Waals surface area contributed by atoms with Crippen LogP contribution in [0.4, 0.5) is 0 Å². The predicted molar refractivity (Wildman–Crippen MR) is 85.3 cm³/mol. The molecule has 1 heterocycles. The number of thiophene rings is 1. The smallest absolute Gasteiger partial charge is 0.335 e. The molecule has 0 saturated heterocycles. The fourth-order valence-electron chi connectivity index (χ4n) is 2.14. The Morgan fingerprint density at radius 2 is 1.95 bits per heavy atom. The molecule has 0 fully saturated rings. The molecule has 21 heavy (non-hydrogen) atoms. The summed E-state index contributed by atoms with van der Waals surface area (Å²) in [5.74, 6) is -0.609. The van der Waals surface area contributed by atoms with E-state index in [1.165, 1.54) is 16.8 Å². The van der Waals surface area contributed by atoms with Gasteiger partial charge >= 0.3 is 5.97 Å². The van der Waals surface area contributed by atoms with Crippen LogP contribution >= 0.6 is 11.3 Å². The van der Waals surface area contributed by atoms with Gasteiger partial charge in [0.2, 0.25) is 0 Å². The van der Waals surface area contributed by atoms with Crippen LogP contribution in [-0.2, 0) is 16.6 Å². The zero-order chi connectivity index (χ0) is 14.8. The van der Waals surface area contributed by atoms with Crippen LogP contribution in [0, 0.1) is 0 Å². The maximum atomic E-state index is 12.5. The van der Waals surface area contributed by atoms with Gasteiger partial charge in [0.1, 0.15) is 0 Å². The van der Waals surface area contributed by atoms with Crippen LogP contribution in [0.3, 0.4) is 0 Å². The third-order valence-electron chi connectivity index (χ3n) is 3.19. The molecule has 0 radical (unpaired) electrons. The van der Waals surface area contributed by atoms with E-state index in [-0.39, 0.29) is 5.56 Å². The first-order valence-corrected chi connectivity index (χ1v) is 8.52. The zero-order valence-electron chi connectivity index (χ0n) is 11.0. The average Bonchev–Trinajstić information content (AvgIpc) is 2.91. The van der Waals surface area contributed by atoms with Gasteiger partial charge in [0.15, 0.2) is 0 Å². The Labute approximate surface area is 128 Å². The van der Waals surface area contributed by atoms with Crippen LogP contribution < -0.4 is 0 Å². The van der Waals surface area contributed by atoms with E-state index >= 15 is 0 Å². The van der Waals surface area contributed by atoms with Gasteiger partial charge in [-0.3, -0.25) is 4.21 Å². The number of benzene rings is 2. The monoisotopic (exact) mass is 316 g/mol. The van der Waals surface area contributed by atoms with E-state index in [9.17, 15) is 9.00 Å². The van der Waals surface area contributed by atoms with E-state index in [0.29, 0.717) is 10.6 Å². The highest BCUT2D eigenvalue weighted by Crippen LogP contribution is 2.27. The molecule has 0 amide bonds. The minimum atomic E-state index is -1.25. The lowest BCUT2D eigenvalue weighted by Gasteiger charge is -2.03. The van der Waals surface area contributed by atoms with E-state index in [4.69, 9.17) is 5.11 Å². The van der Waals surface area contributed by atoms with Gasteiger partial charge in [-0.05, 0) is 40.6 Å². The standard InChI is InChI=1S/C16H12O3S2/c17-16(18)11-4-3-5-13(8-11)21(19)10-12-9-20-15-7-2-1-6-14(12)15/h1-9H,10H2,(H,17,18). The summed E-state index contributed by atoms with van der Waals surface area (Å²) in [6, 6.07) is 14.3. The van der Waals surface area contributed by atoms with Crippen molar-refractivity contribution in [1.29, 1.82) is 0 Å². The molecule has 3 nitrogen and oxygen atoms in total. The second-order valence-corrected chi connectivity index (χ2v) is 6.94. The number of hydrogen-bond acceptors (Lipinski definition) is 3. The van der Waals surface area contributed by atoms with E-state index in [0.717, 1.165) is 10.9 Å². The van der Waals surface area contributed by atoms with Crippen LogP contribution in [0.15, 0.2) is 58.8 Å². The summed E-state index contributed by atoms with van der Waals surface area (Å²) in [4.78, 5) is 11.5. The average molecular weight is 316 g/mol. The van der Waals surface area contributed by atoms with Crippen molar-refractivity contribution in [2.75, 3.05) is 0 Å². The van der Waals surface area contributed by atoms with Gasteiger partial charge in [-0.2, -0.15) is 0 Å². The van der Waals surface area contributed by atoms with Crippen LogP contribution in [0.2, 0.25) is 0 Å². The minimum absolute atomic E-state index is 0.163. The molecule has 0 bridgehead atoms. The molecule has 1 atom stereocenters. The number of carbonyl (C=O) groups is 1. The lowest BCUT2D eigenvalue weighted by molar-refractivity contribution is 0.0696. The van der Waals surface area contributed by atoms with Crippen molar-refractivity contribution in [2.24, 2.45) is 0 Å². The summed E-state index contributed by atoms with van der Waals surface area (Å²) >= 11 is 1.63. The third kappa shape index (κ3) is 2.89. The van der Waals surface area contributed by atoms with Gasteiger partial charge < -0.3 is 5.11 Å². The van der Waals surface area contributed by atoms with Crippen LogP contribution in [0.25, 0.3) is 10.1 Å². The number of carboxylic acid groups (broad SMARTS) is 1.